The van der Waals surface area contributed by atoms with Gasteiger partial charge in [0.25, 0.3) is 0 Å². The van der Waals surface area contributed by atoms with Crippen molar-refractivity contribution in [2.24, 2.45) is 5.41 Å². The first kappa shape index (κ1) is 18.7. The van der Waals surface area contributed by atoms with E-state index in [-0.39, 0.29) is 11.8 Å². The Hall–Kier alpha value is -2.62. The molecule has 0 saturated heterocycles. The Morgan fingerprint density at radius 1 is 0.960 bits per heavy atom. The van der Waals surface area contributed by atoms with E-state index in [0.717, 1.165) is 27.9 Å². The molecule has 2 aromatic rings. The average molecular weight is 338 g/mol. The van der Waals surface area contributed by atoms with E-state index >= 15 is 0 Å². The maximum atomic E-state index is 12.6. The van der Waals surface area contributed by atoms with Gasteiger partial charge in [0.1, 0.15) is 5.41 Å². The molecular weight excluding hydrogens is 312 g/mol. The zero-order valence-electron chi connectivity index (χ0n) is 15.6. The molecule has 0 radical (unpaired) electrons. The quantitative estimate of drug-likeness (QED) is 0.813. The second-order valence-electron chi connectivity index (χ2n) is 7.00. The minimum Gasteiger partial charge on any atom is -0.351 e. The lowest BCUT2D eigenvalue weighted by atomic mass is 9.90. The molecule has 0 unspecified atom stereocenters. The standard InChI is InChI=1S/C21H26N2O2/c1-14-8-6-10-17(12-14)13-22-19(24)21(4,5)20(25)23-18-11-7-9-15(2)16(18)3/h6-12H,13H2,1-5H3,(H,22,24)(H,23,25). The number of aryl methyl sites for hydroxylation is 2. The lowest BCUT2D eigenvalue weighted by Gasteiger charge is -2.23. The van der Waals surface area contributed by atoms with E-state index in [1.165, 1.54) is 0 Å². The van der Waals surface area contributed by atoms with Gasteiger partial charge in [-0.15, -0.1) is 0 Å². The smallest absolute Gasteiger partial charge is 0.239 e. The number of amides is 2. The third kappa shape index (κ3) is 4.47. The van der Waals surface area contributed by atoms with E-state index in [0.29, 0.717) is 6.54 Å². The summed E-state index contributed by atoms with van der Waals surface area (Å²) in [5, 5.41) is 5.74. The molecule has 0 aliphatic rings. The van der Waals surface area contributed by atoms with E-state index < -0.39 is 5.41 Å². The number of anilines is 1. The molecule has 0 spiro atoms. The van der Waals surface area contributed by atoms with Gasteiger partial charge in [-0.2, -0.15) is 0 Å². The summed E-state index contributed by atoms with van der Waals surface area (Å²) in [6.45, 7) is 9.63. The Labute approximate surface area is 149 Å². The van der Waals surface area contributed by atoms with Crippen molar-refractivity contribution in [3.05, 3.63) is 64.7 Å². The molecule has 25 heavy (non-hydrogen) atoms. The highest BCUT2D eigenvalue weighted by Crippen LogP contribution is 2.23. The zero-order valence-corrected chi connectivity index (χ0v) is 15.6. The van der Waals surface area contributed by atoms with Crippen molar-refractivity contribution in [2.75, 3.05) is 5.32 Å². The van der Waals surface area contributed by atoms with Crippen LogP contribution in [0.4, 0.5) is 5.69 Å². The molecule has 2 N–H and O–H groups in total. The molecule has 0 saturated carbocycles. The van der Waals surface area contributed by atoms with Crippen LogP contribution < -0.4 is 10.6 Å². The van der Waals surface area contributed by atoms with E-state index in [1.54, 1.807) is 13.8 Å². The number of nitrogens with one attached hydrogen (secondary N) is 2. The summed E-state index contributed by atoms with van der Waals surface area (Å²) in [6, 6.07) is 13.7. The second-order valence-corrected chi connectivity index (χ2v) is 7.00. The Balaban J connectivity index is 2.04. The number of benzene rings is 2. The molecule has 2 amide bonds. The second kappa shape index (κ2) is 7.51. The fourth-order valence-electron chi connectivity index (χ4n) is 2.49. The lowest BCUT2D eigenvalue weighted by Crippen LogP contribution is -2.45. The minimum absolute atomic E-state index is 0.295. The molecule has 0 heterocycles. The van der Waals surface area contributed by atoms with Gasteiger partial charge in [-0.25, -0.2) is 0 Å². The minimum atomic E-state index is -1.17. The van der Waals surface area contributed by atoms with Crippen LogP contribution in [-0.2, 0) is 16.1 Å². The third-order valence-corrected chi connectivity index (χ3v) is 4.52. The predicted molar refractivity (Wildman–Crippen MR) is 101 cm³/mol. The molecule has 2 rings (SSSR count). The van der Waals surface area contributed by atoms with Gasteiger partial charge in [-0.3, -0.25) is 9.59 Å². The molecule has 4 heteroatoms. The number of hydrogen-bond acceptors (Lipinski definition) is 2. The molecule has 0 fully saturated rings. The van der Waals surface area contributed by atoms with Gasteiger partial charge in [0.2, 0.25) is 11.8 Å². The van der Waals surface area contributed by atoms with Crippen molar-refractivity contribution >= 4 is 17.5 Å². The van der Waals surface area contributed by atoms with E-state index in [4.69, 9.17) is 0 Å². The van der Waals surface area contributed by atoms with Crippen LogP contribution >= 0.6 is 0 Å². The van der Waals surface area contributed by atoms with Crippen LogP contribution in [0.5, 0.6) is 0 Å². The maximum absolute atomic E-state index is 12.6. The van der Waals surface area contributed by atoms with E-state index in [2.05, 4.69) is 10.6 Å². The van der Waals surface area contributed by atoms with Gasteiger partial charge in [-0.05, 0) is 57.4 Å². The molecule has 2 aromatic carbocycles. The lowest BCUT2D eigenvalue weighted by molar-refractivity contribution is -0.138. The number of carbonyl (C=O) groups is 2. The number of rotatable bonds is 5. The summed E-state index contributed by atoms with van der Waals surface area (Å²) in [5.41, 5.74) is 3.83. The molecule has 132 valence electrons. The molecule has 4 nitrogen and oxygen atoms in total. The Bertz CT molecular complexity index is 794. The monoisotopic (exact) mass is 338 g/mol. The van der Waals surface area contributed by atoms with Crippen LogP contribution in [0.1, 0.15) is 36.1 Å². The Morgan fingerprint density at radius 2 is 1.64 bits per heavy atom. The van der Waals surface area contributed by atoms with Crippen LogP contribution in [0.15, 0.2) is 42.5 Å². The van der Waals surface area contributed by atoms with E-state index in [1.807, 2.05) is 63.2 Å². The third-order valence-electron chi connectivity index (χ3n) is 4.52. The molecule has 0 atom stereocenters. The Morgan fingerprint density at radius 3 is 2.32 bits per heavy atom. The summed E-state index contributed by atoms with van der Waals surface area (Å²) >= 11 is 0. The maximum Gasteiger partial charge on any atom is 0.239 e. The molecule has 0 aliphatic heterocycles. The molecular formula is C21H26N2O2. The largest absolute Gasteiger partial charge is 0.351 e. The summed E-state index contributed by atoms with van der Waals surface area (Å²) in [5.74, 6) is -0.611. The normalized spacial score (nSPS) is 11.1. The van der Waals surface area contributed by atoms with Crippen molar-refractivity contribution in [1.29, 1.82) is 0 Å². The number of carbonyl (C=O) groups excluding carboxylic acids is 2. The van der Waals surface area contributed by atoms with Crippen LogP contribution in [0.2, 0.25) is 0 Å². The van der Waals surface area contributed by atoms with Gasteiger partial charge < -0.3 is 10.6 Å². The molecule has 0 aliphatic carbocycles. The SMILES string of the molecule is Cc1cccc(CNC(=O)C(C)(C)C(=O)Nc2cccc(C)c2C)c1. The van der Waals surface area contributed by atoms with Crippen molar-refractivity contribution in [3.63, 3.8) is 0 Å². The first-order chi connectivity index (χ1) is 11.7. The fourth-order valence-corrected chi connectivity index (χ4v) is 2.49. The predicted octanol–water partition coefficient (Wildman–Crippen LogP) is 3.89. The van der Waals surface area contributed by atoms with Crippen LogP contribution in [0.25, 0.3) is 0 Å². The van der Waals surface area contributed by atoms with Gasteiger partial charge in [0.15, 0.2) is 0 Å². The molecule has 0 aromatic heterocycles. The molecule has 0 bridgehead atoms. The topological polar surface area (TPSA) is 58.2 Å². The summed E-state index contributed by atoms with van der Waals surface area (Å²) in [6.07, 6.45) is 0. The highest BCUT2D eigenvalue weighted by atomic mass is 16.2. The van der Waals surface area contributed by atoms with Crippen LogP contribution in [0, 0.1) is 26.2 Å². The van der Waals surface area contributed by atoms with Crippen LogP contribution in [0.3, 0.4) is 0 Å². The van der Waals surface area contributed by atoms with Crippen LogP contribution in [-0.4, -0.2) is 11.8 Å². The van der Waals surface area contributed by atoms with Crippen molar-refractivity contribution in [3.8, 4) is 0 Å². The highest BCUT2D eigenvalue weighted by molar-refractivity contribution is 6.10. The first-order valence-electron chi connectivity index (χ1n) is 8.43. The number of hydrogen-bond donors (Lipinski definition) is 2. The van der Waals surface area contributed by atoms with Crippen molar-refractivity contribution in [2.45, 2.75) is 41.2 Å². The Kier molecular flexibility index (Phi) is 5.62. The van der Waals surface area contributed by atoms with Gasteiger partial charge in [0, 0.05) is 12.2 Å². The van der Waals surface area contributed by atoms with E-state index in [9.17, 15) is 9.59 Å². The summed E-state index contributed by atoms with van der Waals surface area (Å²) in [7, 11) is 0. The zero-order chi connectivity index (χ0) is 18.6. The average Bonchev–Trinajstić information content (AvgIpc) is 2.56. The highest BCUT2D eigenvalue weighted by Gasteiger charge is 2.36. The van der Waals surface area contributed by atoms with Gasteiger partial charge in [0.05, 0.1) is 0 Å². The van der Waals surface area contributed by atoms with Gasteiger partial charge in [-0.1, -0.05) is 42.0 Å². The van der Waals surface area contributed by atoms with Crippen molar-refractivity contribution in [1.82, 2.24) is 5.32 Å². The fraction of sp³-hybridized carbons (Fsp3) is 0.333. The van der Waals surface area contributed by atoms with Gasteiger partial charge >= 0.3 is 0 Å². The first-order valence-corrected chi connectivity index (χ1v) is 8.43. The van der Waals surface area contributed by atoms with Crippen molar-refractivity contribution < 1.29 is 9.59 Å². The summed E-state index contributed by atoms with van der Waals surface area (Å²) in [4.78, 5) is 25.2. The summed E-state index contributed by atoms with van der Waals surface area (Å²) < 4.78 is 0.